The van der Waals surface area contributed by atoms with Gasteiger partial charge in [0, 0.05) is 19.2 Å². The number of para-hydroxylation sites is 2. The maximum atomic E-state index is 12.7. The zero-order valence-electron chi connectivity index (χ0n) is 17.7. The Kier molecular flexibility index (Phi) is 7.06. The van der Waals surface area contributed by atoms with Gasteiger partial charge in [0.2, 0.25) is 5.91 Å². The average molecular weight is 409 g/mol. The molecule has 3 aromatic rings. The molecule has 0 spiro atoms. The Labute approximate surface area is 176 Å². The first-order valence-corrected chi connectivity index (χ1v) is 10.1. The molecule has 0 bridgehead atoms. The molecule has 7 heteroatoms. The first-order chi connectivity index (χ1) is 14.5. The second-order valence-electron chi connectivity index (χ2n) is 7.18. The highest BCUT2D eigenvalue weighted by Gasteiger charge is 2.17. The number of carbonyl (C=O) groups excluding carboxylic acids is 2. The van der Waals surface area contributed by atoms with Crippen molar-refractivity contribution in [3.8, 4) is 5.75 Å². The summed E-state index contributed by atoms with van der Waals surface area (Å²) in [4.78, 5) is 31.6. The predicted molar refractivity (Wildman–Crippen MR) is 116 cm³/mol. The Hall–Kier alpha value is -3.35. The minimum atomic E-state index is -0.206. The largest absolute Gasteiger partial charge is 0.497 e. The van der Waals surface area contributed by atoms with E-state index in [9.17, 15) is 9.59 Å². The topological polar surface area (TPSA) is 76.5 Å². The summed E-state index contributed by atoms with van der Waals surface area (Å²) >= 11 is 0. The van der Waals surface area contributed by atoms with Crippen molar-refractivity contribution in [1.82, 2.24) is 19.8 Å². The number of imidazole rings is 1. The van der Waals surface area contributed by atoms with Crippen LogP contribution in [0.15, 0.2) is 48.5 Å². The zero-order chi connectivity index (χ0) is 21.5. The van der Waals surface area contributed by atoms with Crippen molar-refractivity contribution in [3.63, 3.8) is 0 Å². The van der Waals surface area contributed by atoms with Gasteiger partial charge in [-0.25, -0.2) is 4.98 Å². The highest BCUT2D eigenvalue weighted by Crippen LogP contribution is 2.17. The third kappa shape index (κ3) is 4.97. The molecule has 1 heterocycles. The number of carbonyl (C=O) groups is 2. The number of hydrogen-bond acceptors (Lipinski definition) is 4. The Morgan fingerprint density at radius 3 is 2.57 bits per heavy atom. The fourth-order valence-electron chi connectivity index (χ4n) is 3.22. The number of benzene rings is 2. The standard InChI is InChI=1S/C23H28N4O3/c1-4-5-14-26(2)22(28)16-27-20-9-7-6-8-19(20)25-21(27)15-24-23(29)17-10-12-18(30-3)13-11-17/h6-13H,4-5,14-16H2,1-3H3,(H,24,29). The van der Waals surface area contributed by atoms with E-state index in [0.717, 1.165) is 30.4 Å². The first-order valence-electron chi connectivity index (χ1n) is 10.1. The van der Waals surface area contributed by atoms with Crippen LogP contribution in [-0.4, -0.2) is 47.0 Å². The van der Waals surface area contributed by atoms with E-state index in [4.69, 9.17) is 4.74 Å². The summed E-state index contributed by atoms with van der Waals surface area (Å²) in [6.07, 6.45) is 2.01. The van der Waals surface area contributed by atoms with Gasteiger partial charge in [-0.2, -0.15) is 0 Å². The normalized spacial score (nSPS) is 10.8. The van der Waals surface area contributed by atoms with Gasteiger partial charge < -0.3 is 19.5 Å². The quantitative estimate of drug-likeness (QED) is 0.590. The van der Waals surface area contributed by atoms with E-state index >= 15 is 0 Å². The van der Waals surface area contributed by atoms with Crippen LogP contribution in [0.25, 0.3) is 11.0 Å². The lowest BCUT2D eigenvalue weighted by atomic mass is 10.2. The van der Waals surface area contributed by atoms with Crippen molar-refractivity contribution in [2.75, 3.05) is 20.7 Å². The van der Waals surface area contributed by atoms with Gasteiger partial charge in [-0.05, 0) is 42.8 Å². The average Bonchev–Trinajstić information content (AvgIpc) is 3.13. The molecule has 0 saturated heterocycles. The number of ether oxygens (including phenoxy) is 1. The molecule has 0 atom stereocenters. The number of nitrogens with one attached hydrogen (secondary N) is 1. The van der Waals surface area contributed by atoms with E-state index in [2.05, 4.69) is 17.2 Å². The van der Waals surface area contributed by atoms with Gasteiger partial charge in [0.1, 0.15) is 18.1 Å². The zero-order valence-corrected chi connectivity index (χ0v) is 17.7. The summed E-state index contributed by atoms with van der Waals surface area (Å²) in [5.41, 5.74) is 2.22. The molecule has 1 aromatic heterocycles. The van der Waals surface area contributed by atoms with E-state index in [1.807, 2.05) is 35.9 Å². The SMILES string of the molecule is CCCCN(C)C(=O)Cn1c(CNC(=O)c2ccc(OC)cc2)nc2ccccc21. The lowest BCUT2D eigenvalue weighted by molar-refractivity contribution is -0.130. The van der Waals surface area contributed by atoms with Crippen molar-refractivity contribution in [2.45, 2.75) is 32.9 Å². The maximum Gasteiger partial charge on any atom is 0.251 e. The molecule has 2 aromatic carbocycles. The number of aromatic nitrogens is 2. The second kappa shape index (κ2) is 9.91. The number of methoxy groups -OCH3 is 1. The minimum absolute atomic E-state index is 0.0225. The van der Waals surface area contributed by atoms with Crippen LogP contribution in [-0.2, 0) is 17.9 Å². The van der Waals surface area contributed by atoms with Crippen LogP contribution in [0.3, 0.4) is 0 Å². The second-order valence-corrected chi connectivity index (χ2v) is 7.18. The molecular formula is C23H28N4O3. The Morgan fingerprint density at radius 1 is 1.13 bits per heavy atom. The number of likely N-dealkylation sites (N-methyl/N-ethyl adjacent to an activating group) is 1. The maximum absolute atomic E-state index is 12.7. The molecule has 0 saturated carbocycles. The van der Waals surface area contributed by atoms with E-state index in [1.54, 1.807) is 36.3 Å². The molecule has 2 amide bonds. The first kappa shape index (κ1) is 21.4. The highest BCUT2D eigenvalue weighted by atomic mass is 16.5. The molecular weight excluding hydrogens is 380 g/mol. The van der Waals surface area contributed by atoms with Crippen LogP contribution < -0.4 is 10.1 Å². The van der Waals surface area contributed by atoms with Crippen molar-refractivity contribution >= 4 is 22.8 Å². The summed E-state index contributed by atoms with van der Waals surface area (Å²) in [5.74, 6) is 1.16. The molecule has 0 unspecified atom stereocenters. The highest BCUT2D eigenvalue weighted by molar-refractivity contribution is 5.94. The van der Waals surface area contributed by atoms with Gasteiger partial charge in [0.25, 0.3) is 5.91 Å². The monoisotopic (exact) mass is 408 g/mol. The van der Waals surface area contributed by atoms with Crippen molar-refractivity contribution in [1.29, 1.82) is 0 Å². The van der Waals surface area contributed by atoms with Crippen molar-refractivity contribution in [3.05, 3.63) is 59.9 Å². The lowest BCUT2D eigenvalue weighted by Gasteiger charge is -2.18. The molecule has 158 valence electrons. The number of amides is 2. The van der Waals surface area contributed by atoms with Gasteiger partial charge >= 0.3 is 0 Å². The Bertz CT molecular complexity index is 1010. The van der Waals surface area contributed by atoms with Gasteiger partial charge in [-0.3, -0.25) is 9.59 Å². The van der Waals surface area contributed by atoms with Gasteiger partial charge in [0.05, 0.1) is 24.7 Å². The molecule has 3 rings (SSSR count). The summed E-state index contributed by atoms with van der Waals surface area (Å²) < 4.78 is 7.01. The molecule has 0 fully saturated rings. The van der Waals surface area contributed by atoms with Gasteiger partial charge in [-0.1, -0.05) is 25.5 Å². The van der Waals surface area contributed by atoms with Crippen LogP contribution in [0, 0.1) is 0 Å². The molecule has 0 aliphatic rings. The van der Waals surface area contributed by atoms with Gasteiger partial charge in [0.15, 0.2) is 0 Å². The van der Waals surface area contributed by atoms with Crippen LogP contribution in [0.2, 0.25) is 0 Å². The molecule has 30 heavy (non-hydrogen) atoms. The van der Waals surface area contributed by atoms with Crippen LogP contribution >= 0.6 is 0 Å². The van der Waals surface area contributed by atoms with Crippen molar-refractivity contribution in [2.24, 2.45) is 0 Å². The van der Waals surface area contributed by atoms with E-state index in [-0.39, 0.29) is 24.9 Å². The third-order valence-corrected chi connectivity index (χ3v) is 5.06. The van der Waals surface area contributed by atoms with E-state index in [1.165, 1.54) is 0 Å². The molecule has 0 radical (unpaired) electrons. The van der Waals surface area contributed by atoms with Crippen molar-refractivity contribution < 1.29 is 14.3 Å². The predicted octanol–water partition coefficient (Wildman–Crippen LogP) is 3.23. The fourth-order valence-corrected chi connectivity index (χ4v) is 3.22. The number of unbranched alkanes of at least 4 members (excludes halogenated alkanes) is 1. The van der Waals surface area contributed by atoms with E-state index < -0.39 is 0 Å². The van der Waals surface area contributed by atoms with E-state index in [0.29, 0.717) is 17.1 Å². The molecule has 1 N–H and O–H groups in total. The fraction of sp³-hybridized carbons (Fsp3) is 0.348. The minimum Gasteiger partial charge on any atom is -0.497 e. The number of nitrogens with zero attached hydrogens (tertiary/aromatic N) is 3. The third-order valence-electron chi connectivity index (χ3n) is 5.06. The van der Waals surface area contributed by atoms with Crippen LogP contribution in [0.5, 0.6) is 5.75 Å². The Morgan fingerprint density at radius 2 is 1.87 bits per heavy atom. The summed E-state index contributed by atoms with van der Waals surface area (Å²) in [7, 11) is 3.41. The summed E-state index contributed by atoms with van der Waals surface area (Å²) in [6.45, 7) is 3.25. The van der Waals surface area contributed by atoms with Crippen LogP contribution in [0.4, 0.5) is 0 Å². The smallest absolute Gasteiger partial charge is 0.251 e. The number of fused-ring (bicyclic) bond motifs is 1. The lowest BCUT2D eigenvalue weighted by Crippen LogP contribution is -2.32. The molecule has 0 aliphatic carbocycles. The summed E-state index contributed by atoms with van der Waals surface area (Å²) in [6, 6.07) is 14.6. The van der Waals surface area contributed by atoms with Gasteiger partial charge in [-0.15, -0.1) is 0 Å². The van der Waals surface area contributed by atoms with Crippen LogP contribution in [0.1, 0.15) is 35.9 Å². The Balaban J connectivity index is 1.76. The molecule has 0 aliphatic heterocycles. The number of hydrogen-bond donors (Lipinski definition) is 1. The number of rotatable bonds is 9. The summed E-state index contributed by atoms with van der Waals surface area (Å²) in [5, 5.41) is 2.90. The molecule has 7 nitrogen and oxygen atoms in total.